The predicted molar refractivity (Wildman–Crippen MR) is 86.2 cm³/mol. The van der Waals surface area contributed by atoms with Crippen LogP contribution in [0.2, 0.25) is 0 Å². The average Bonchev–Trinajstić information content (AvgIpc) is 2.59. The summed E-state index contributed by atoms with van der Waals surface area (Å²) in [4.78, 5) is 25.1. The number of rotatable bonds is 6. The van der Waals surface area contributed by atoms with Gasteiger partial charge in [-0.25, -0.2) is 13.2 Å². The summed E-state index contributed by atoms with van der Waals surface area (Å²) in [6.45, 7) is 2.01. The van der Waals surface area contributed by atoms with Crippen LogP contribution in [0.15, 0.2) is 42.5 Å². The second kappa shape index (κ2) is 8.32. The van der Waals surface area contributed by atoms with Crippen molar-refractivity contribution < 1.29 is 22.8 Å². The lowest BCUT2D eigenvalue weighted by atomic mass is 10.2. The van der Waals surface area contributed by atoms with Gasteiger partial charge >= 0.3 is 0 Å². The summed E-state index contributed by atoms with van der Waals surface area (Å²) in [6, 6.07) is 10.8. The fourth-order valence-electron chi connectivity index (χ4n) is 2.25. The molecular formula is C18H17F3N2O2. The highest BCUT2D eigenvalue weighted by atomic mass is 19.2. The largest absolute Gasteiger partial charge is 0.350 e. The fourth-order valence-corrected chi connectivity index (χ4v) is 2.25. The molecule has 0 aliphatic rings. The van der Waals surface area contributed by atoms with Gasteiger partial charge in [-0.2, -0.15) is 0 Å². The minimum Gasteiger partial charge on any atom is -0.350 e. The summed E-state index contributed by atoms with van der Waals surface area (Å²) < 4.78 is 39.6. The number of benzene rings is 2. The first kappa shape index (κ1) is 18.5. The van der Waals surface area contributed by atoms with Crippen LogP contribution < -0.4 is 5.32 Å². The minimum atomic E-state index is -1.69. The molecule has 0 bridgehead atoms. The Morgan fingerprint density at radius 3 is 2.32 bits per heavy atom. The van der Waals surface area contributed by atoms with Crippen molar-refractivity contribution >= 4 is 11.8 Å². The molecule has 0 saturated carbocycles. The van der Waals surface area contributed by atoms with Gasteiger partial charge in [-0.15, -0.1) is 0 Å². The van der Waals surface area contributed by atoms with Crippen molar-refractivity contribution in [1.82, 2.24) is 10.2 Å². The van der Waals surface area contributed by atoms with Gasteiger partial charge in [0.15, 0.2) is 17.5 Å². The monoisotopic (exact) mass is 350 g/mol. The van der Waals surface area contributed by atoms with Crippen LogP contribution in [0.3, 0.4) is 0 Å². The predicted octanol–water partition coefficient (Wildman–Crippen LogP) is 2.88. The van der Waals surface area contributed by atoms with E-state index in [4.69, 9.17) is 0 Å². The van der Waals surface area contributed by atoms with Gasteiger partial charge in [-0.1, -0.05) is 30.3 Å². The maximum atomic E-state index is 13.6. The molecule has 0 aliphatic heterocycles. The van der Waals surface area contributed by atoms with Crippen LogP contribution in [-0.4, -0.2) is 29.8 Å². The van der Waals surface area contributed by atoms with Gasteiger partial charge in [0.25, 0.3) is 5.91 Å². The summed E-state index contributed by atoms with van der Waals surface area (Å²) in [5, 5.41) is 2.40. The zero-order valence-electron chi connectivity index (χ0n) is 13.6. The molecule has 0 saturated heterocycles. The number of nitrogens with one attached hydrogen (secondary N) is 1. The molecule has 7 heteroatoms. The van der Waals surface area contributed by atoms with Crippen molar-refractivity contribution in [2.24, 2.45) is 0 Å². The number of amides is 2. The van der Waals surface area contributed by atoms with E-state index in [-0.39, 0.29) is 19.0 Å². The number of hydrogen-bond donors (Lipinski definition) is 1. The third kappa shape index (κ3) is 4.82. The van der Waals surface area contributed by atoms with Gasteiger partial charge in [-0.3, -0.25) is 9.59 Å². The van der Waals surface area contributed by atoms with Crippen molar-refractivity contribution in [3.63, 3.8) is 0 Å². The number of hydrogen-bond acceptors (Lipinski definition) is 2. The molecule has 2 aromatic rings. The van der Waals surface area contributed by atoms with Crippen LogP contribution in [0, 0.1) is 17.5 Å². The van der Waals surface area contributed by atoms with Gasteiger partial charge in [0.1, 0.15) is 0 Å². The van der Waals surface area contributed by atoms with Crippen molar-refractivity contribution in [1.29, 1.82) is 0 Å². The molecular weight excluding hydrogens is 333 g/mol. The van der Waals surface area contributed by atoms with Crippen LogP contribution >= 0.6 is 0 Å². The van der Waals surface area contributed by atoms with E-state index in [1.54, 1.807) is 0 Å². The van der Waals surface area contributed by atoms with Crippen LogP contribution in [0.25, 0.3) is 0 Å². The van der Waals surface area contributed by atoms with Gasteiger partial charge < -0.3 is 10.2 Å². The maximum absolute atomic E-state index is 13.6. The van der Waals surface area contributed by atoms with E-state index in [0.29, 0.717) is 12.6 Å². The normalized spacial score (nSPS) is 10.4. The first-order chi connectivity index (χ1) is 11.9. The van der Waals surface area contributed by atoms with Gasteiger partial charge in [0, 0.05) is 26.6 Å². The Morgan fingerprint density at radius 2 is 1.68 bits per heavy atom. The number of carbonyl (C=O) groups excluding carboxylic acids is 2. The molecule has 2 aromatic carbocycles. The van der Waals surface area contributed by atoms with Crippen molar-refractivity contribution in [2.75, 3.05) is 13.1 Å². The van der Waals surface area contributed by atoms with Crippen molar-refractivity contribution in [3.8, 4) is 0 Å². The van der Waals surface area contributed by atoms with E-state index >= 15 is 0 Å². The molecule has 0 aromatic heterocycles. The molecule has 0 aliphatic carbocycles. The standard InChI is InChI=1S/C18H17F3N2O2/c1-12(24)23(11-13-5-3-2-4-6-13)10-9-22-18(25)14-7-8-15(19)17(21)16(14)20/h2-8H,9-11H2,1H3,(H,22,25). The second-order valence-electron chi connectivity index (χ2n) is 5.40. The minimum absolute atomic E-state index is 0.0453. The highest BCUT2D eigenvalue weighted by molar-refractivity contribution is 5.94. The highest BCUT2D eigenvalue weighted by Gasteiger charge is 2.19. The number of carbonyl (C=O) groups is 2. The highest BCUT2D eigenvalue weighted by Crippen LogP contribution is 2.15. The Bertz CT molecular complexity index is 766. The molecule has 132 valence electrons. The molecule has 0 spiro atoms. The summed E-state index contributed by atoms with van der Waals surface area (Å²) >= 11 is 0. The van der Waals surface area contributed by atoms with E-state index in [2.05, 4.69) is 5.32 Å². The molecule has 0 unspecified atom stereocenters. The molecule has 0 fully saturated rings. The third-order valence-electron chi connectivity index (χ3n) is 3.61. The van der Waals surface area contributed by atoms with Crippen molar-refractivity contribution in [3.05, 3.63) is 71.0 Å². The van der Waals surface area contributed by atoms with E-state index in [9.17, 15) is 22.8 Å². The first-order valence-corrected chi connectivity index (χ1v) is 7.61. The molecule has 2 rings (SSSR count). The van der Waals surface area contributed by atoms with Crippen LogP contribution in [-0.2, 0) is 11.3 Å². The molecule has 25 heavy (non-hydrogen) atoms. The number of nitrogens with zero attached hydrogens (tertiary/aromatic N) is 1. The summed E-state index contributed by atoms with van der Waals surface area (Å²) in [7, 11) is 0. The summed E-state index contributed by atoms with van der Waals surface area (Å²) in [6.07, 6.45) is 0. The van der Waals surface area contributed by atoms with Gasteiger partial charge in [-0.05, 0) is 17.7 Å². The Morgan fingerprint density at radius 1 is 1.00 bits per heavy atom. The van der Waals surface area contributed by atoms with Crippen LogP contribution in [0.5, 0.6) is 0 Å². The van der Waals surface area contributed by atoms with E-state index in [1.807, 2.05) is 30.3 Å². The van der Waals surface area contributed by atoms with Crippen LogP contribution in [0.4, 0.5) is 13.2 Å². The lowest BCUT2D eigenvalue weighted by Crippen LogP contribution is -2.37. The molecule has 4 nitrogen and oxygen atoms in total. The zero-order chi connectivity index (χ0) is 18.4. The Labute approximate surface area is 143 Å². The summed E-state index contributed by atoms with van der Waals surface area (Å²) in [5.74, 6) is -5.65. The summed E-state index contributed by atoms with van der Waals surface area (Å²) in [5.41, 5.74) is 0.340. The first-order valence-electron chi connectivity index (χ1n) is 7.61. The van der Waals surface area contributed by atoms with E-state index in [0.717, 1.165) is 11.6 Å². The second-order valence-corrected chi connectivity index (χ2v) is 5.40. The zero-order valence-corrected chi connectivity index (χ0v) is 13.6. The van der Waals surface area contributed by atoms with Crippen LogP contribution in [0.1, 0.15) is 22.8 Å². The quantitative estimate of drug-likeness (QED) is 0.815. The lowest BCUT2D eigenvalue weighted by molar-refractivity contribution is -0.129. The van der Waals surface area contributed by atoms with E-state index in [1.165, 1.54) is 11.8 Å². The fraction of sp³-hybridized carbons (Fsp3) is 0.222. The molecule has 1 N–H and O–H groups in total. The molecule has 0 radical (unpaired) electrons. The van der Waals surface area contributed by atoms with E-state index < -0.39 is 28.9 Å². The molecule has 0 heterocycles. The van der Waals surface area contributed by atoms with Gasteiger partial charge in [0.05, 0.1) is 5.56 Å². The number of halogens is 3. The Balaban J connectivity index is 1.94. The molecule has 0 atom stereocenters. The Hall–Kier alpha value is -2.83. The molecule has 2 amide bonds. The smallest absolute Gasteiger partial charge is 0.254 e. The third-order valence-corrected chi connectivity index (χ3v) is 3.61. The average molecular weight is 350 g/mol. The Kier molecular flexibility index (Phi) is 6.16. The maximum Gasteiger partial charge on any atom is 0.254 e. The SMILES string of the molecule is CC(=O)N(CCNC(=O)c1ccc(F)c(F)c1F)Cc1ccccc1. The lowest BCUT2D eigenvalue weighted by Gasteiger charge is -2.21. The topological polar surface area (TPSA) is 49.4 Å². The van der Waals surface area contributed by atoms with Gasteiger partial charge in [0.2, 0.25) is 5.91 Å². The van der Waals surface area contributed by atoms with Crippen molar-refractivity contribution in [2.45, 2.75) is 13.5 Å².